The van der Waals surface area contributed by atoms with E-state index in [0.717, 1.165) is 107 Å². The summed E-state index contributed by atoms with van der Waals surface area (Å²) in [4.78, 5) is 0. The summed E-state index contributed by atoms with van der Waals surface area (Å²) >= 11 is 0. The van der Waals surface area contributed by atoms with Crippen LogP contribution in [0.5, 0.6) is 23.0 Å². The molecule has 0 aromatic heterocycles. The molecule has 0 N–H and O–H groups in total. The van der Waals surface area contributed by atoms with Crippen molar-refractivity contribution in [2.24, 2.45) is 0 Å². The smallest absolute Gasteiger partial charge is 0.127 e. The van der Waals surface area contributed by atoms with Gasteiger partial charge in [0.15, 0.2) is 0 Å². The van der Waals surface area contributed by atoms with Crippen LogP contribution in [0.25, 0.3) is 47.6 Å². The van der Waals surface area contributed by atoms with Crippen molar-refractivity contribution >= 4 is 47.6 Å². The van der Waals surface area contributed by atoms with Crippen LogP contribution in [0.3, 0.4) is 0 Å². The van der Waals surface area contributed by atoms with Gasteiger partial charge in [-0.05, 0) is 84.4 Å². The standard InChI is InChI=1S/C71H90N2O4/c1-5-9-13-17-21-31-46-74-68-54-64(70(76-48-30-20-16-12-8-4)52-62(68)40-38-58-34-26-24-27-35-58)50-66(56-72)60-42-44-61(45-43-60)67(57-73)51-65-55-69(75-47-32-22-18-14-10-6-2)63(41-39-59-36-28-25-29-37-59)53-71(65)77-49-33-23-19-15-11-7-3/h24-29,34-45,50-55H,5-23,30-33,46-49H2,1-4H3/b40-38+,41-39+,66-50+,67-51+. The second kappa shape index (κ2) is 37.9. The minimum absolute atomic E-state index is 0.484. The Bertz CT molecular complexity index is 2630. The summed E-state index contributed by atoms with van der Waals surface area (Å²) in [5.41, 5.74) is 8.09. The summed E-state index contributed by atoms with van der Waals surface area (Å²) in [7, 11) is 0. The van der Waals surface area contributed by atoms with E-state index in [2.05, 4.69) is 101 Å². The Kier molecular flexibility index (Phi) is 30.1. The highest BCUT2D eigenvalue weighted by Crippen LogP contribution is 2.36. The van der Waals surface area contributed by atoms with Crippen LogP contribution in [0, 0.1) is 22.7 Å². The highest BCUT2D eigenvalue weighted by Gasteiger charge is 2.16. The number of allylic oxidation sites excluding steroid dienone is 2. The van der Waals surface area contributed by atoms with Crippen LogP contribution in [-0.4, -0.2) is 26.4 Å². The Morgan fingerprint density at radius 3 is 0.909 bits per heavy atom. The molecule has 6 nitrogen and oxygen atoms in total. The third-order valence-electron chi connectivity index (χ3n) is 13.9. The van der Waals surface area contributed by atoms with Crippen molar-refractivity contribution < 1.29 is 18.9 Å². The second-order valence-electron chi connectivity index (χ2n) is 20.4. The molecule has 408 valence electrons. The predicted molar refractivity (Wildman–Crippen MR) is 328 cm³/mol. The summed E-state index contributed by atoms with van der Waals surface area (Å²) in [6, 6.07) is 41.5. The molecule has 5 rings (SSSR count). The fourth-order valence-corrected chi connectivity index (χ4v) is 9.25. The lowest BCUT2D eigenvalue weighted by molar-refractivity contribution is 0.295. The zero-order valence-electron chi connectivity index (χ0n) is 47.5. The number of unbranched alkanes of at least 4 members (excludes halogenated alkanes) is 19. The van der Waals surface area contributed by atoms with Gasteiger partial charge in [0, 0.05) is 22.3 Å². The highest BCUT2D eigenvalue weighted by molar-refractivity contribution is 5.94. The first kappa shape index (κ1) is 61.1. The monoisotopic (exact) mass is 1030 g/mol. The van der Waals surface area contributed by atoms with E-state index in [1.807, 2.05) is 84.9 Å². The van der Waals surface area contributed by atoms with Crippen molar-refractivity contribution in [3.05, 3.63) is 154 Å². The molecule has 5 aromatic rings. The lowest BCUT2D eigenvalue weighted by atomic mass is 9.97. The van der Waals surface area contributed by atoms with Crippen LogP contribution in [-0.2, 0) is 0 Å². The van der Waals surface area contributed by atoms with Crippen LogP contribution in [0.15, 0.2) is 109 Å². The number of nitrogens with zero attached hydrogens (tertiary/aromatic N) is 2. The maximum Gasteiger partial charge on any atom is 0.127 e. The minimum atomic E-state index is 0.484. The Labute approximate surface area is 465 Å². The third kappa shape index (κ3) is 23.2. The summed E-state index contributed by atoms with van der Waals surface area (Å²) in [5, 5.41) is 21.6. The topological polar surface area (TPSA) is 84.5 Å². The number of hydrogen-bond donors (Lipinski definition) is 0. The van der Waals surface area contributed by atoms with Crippen LogP contribution in [0.2, 0.25) is 0 Å². The Morgan fingerprint density at radius 2 is 0.610 bits per heavy atom. The SMILES string of the molecule is CCCCCCCCOc1cc(/C=C/c2ccccc2)c(OCCCCCCCC)cc1/C=C(\C#N)c1ccc(/C(C#N)=C/c2cc(OCCCCCCCC)c(/C=C/c3ccccc3)cc2OCCCCCCC)cc1. The van der Waals surface area contributed by atoms with Crippen molar-refractivity contribution in [3.63, 3.8) is 0 Å². The molecule has 0 fully saturated rings. The predicted octanol–water partition coefficient (Wildman–Crippen LogP) is 20.7. The molecule has 77 heavy (non-hydrogen) atoms. The summed E-state index contributed by atoms with van der Waals surface area (Å²) in [6.45, 7) is 11.3. The number of hydrogen-bond acceptors (Lipinski definition) is 6. The number of benzene rings is 5. The average molecular weight is 1040 g/mol. The van der Waals surface area contributed by atoms with Gasteiger partial charge in [-0.1, -0.05) is 259 Å². The summed E-state index contributed by atoms with van der Waals surface area (Å²) in [6.07, 6.45) is 38.9. The van der Waals surface area contributed by atoms with E-state index in [4.69, 9.17) is 18.9 Å². The highest BCUT2D eigenvalue weighted by atomic mass is 16.5. The van der Waals surface area contributed by atoms with Gasteiger partial charge in [-0.2, -0.15) is 10.5 Å². The number of ether oxygens (including phenoxy) is 4. The Morgan fingerprint density at radius 1 is 0.338 bits per heavy atom. The first-order chi connectivity index (χ1) is 38.0. The zero-order valence-corrected chi connectivity index (χ0v) is 47.5. The van der Waals surface area contributed by atoms with E-state index in [1.54, 1.807) is 0 Å². The van der Waals surface area contributed by atoms with Gasteiger partial charge in [0.1, 0.15) is 23.0 Å². The molecule has 6 heteroatoms. The quantitative estimate of drug-likeness (QED) is 0.0221. The Hall–Kier alpha value is -6.76. The molecular formula is C71H90N2O4. The van der Waals surface area contributed by atoms with Crippen LogP contribution in [0.1, 0.15) is 220 Å². The van der Waals surface area contributed by atoms with Crippen LogP contribution >= 0.6 is 0 Å². The molecule has 0 aliphatic carbocycles. The van der Waals surface area contributed by atoms with E-state index in [9.17, 15) is 10.5 Å². The molecule has 0 unspecified atom stereocenters. The van der Waals surface area contributed by atoms with Gasteiger partial charge >= 0.3 is 0 Å². The molecule has 0 heterocycles. The van der Waals surface area contributed by atoms with E-state index in [1.165, 1.54) is 96.3 Å². The van der Waals surface area contributed by atoms with E-state index in [-0.39, 0.29) is 0 Å². The molecular weight excluding hydrogens is 945 g/mol. The fourth-order valence-electron chi connectivity index (χ4n) is 9.25. The van der Waals surface area contributed by atoms with Gasteiger partial charge in [-0.15, -0.1) is 0 Å². The largest absolute Gasteiger partial charge is 0.493 e. The molecule has 0 aliphatic rings. The average Bonchev–Trinajstić information content (AvgIpc) is 3.47. The van der Waals surface area contributed by atoms with Crippen molar-refractivity contribution in [1.82, 2.24) is 0 Å². The maximum absolute atomic E-state index is 10.8. The van der Waals surface area contributed by atoms with Crippen LogP contribution in [0.4, 0.5) is 0 Å². The van der Waals surface area contributed by atoms with Gasteiger partial charge in [0.05, 0.1) is 49.7 Å². The molecule has 0 saturated carbocycles. The summed E-state index contributed by atoms with van der Waals surface area (Å²) in [5.74, 6) is 2.95. The molecule has 0 bridgehead atoms. The van der Waals surface area contributed by atoms with Gasteiger partial charge in [0.25, 0.3) is 0 Å². The maximum atomic E-state index is 10.8. The van der Waals surface area contributed by atoms with Gasteiger partial charge < -0.3 is 18.9 Å². The number of nitriles is 2. The first-order valence-corrected chi connectivity index (χ1v) is 29.7. The van der Waals surface area contributed by atoms with E-state index < -0.39 is 0 Å². The molecule has 0 spiro atoms. The number of rotatable bonds is 39. The minimum Gasteiger partial charge on any atom is -0.493 e. The normalized spacial score (nSPS) is 11.8. The molecule has 5 aromatic carbocycles. The van der Waals surface area contributed by atoms with E-state index in [0.29, 0.717) is 49.1 Å². The molecule has 0 aliphatic heterocycles. The lowest BCUT2D eigenvalue weighted by Crippen LogP contribution is -2.03. The fraction of sp³-hybridized carbons (Fsp3) is 0.437. The van der Waals surface area contributed by atoms with Gasteiger partial charge in [0.2, 0.25) is 0 Å². The molecule has 0 atom stereocenters. The zero-order chi connectivity index (χ0) is 54.4. The Balaban J connectivity index is 1.50. The van der Waals surface area contributed by atoms with Crippen molar-refractivity contribution in [1.29, 1.82) is 10.5 Å². The molecule has 0 amide bonds. The van der Waals surface area contributed by atoms with Gasteiger partial charge in [-0.3, -0.25) is 0 Å². The lowest BCUT2D eigenvalue weighted by Gasteiger charge is -2.16. The van der Waals surface area contributed by atoms with E-state index >= 15 is 0 Å². The van der Waals surface area contributed by atoms with Crippen molar-refractivity contribution in [3.8, 4) is 35.1 Å². The van der Waals surface area contributed by atoms with Crippen LogP contribution < -0.4 is 18.9 Å². The third-order valence-corrected chi connectivity index (χ3v) is 13.9. The van der Waals surface area contributed by atoms with Crippen molar-refractivity contribution in [2.45, 2.75) is 175 Å². The van der Waals surface area contributed by atoms with Crippen molar-refractivity contribution in [2.75, 3.05) is 26.4 Å². The molecule has 0 saturated heterocycles. The molecule has 0 radical (unpaired) electrons. The summed E-state index contributed by atoms with van der Waals surface area (Å²) < 4.78 is 26.4. The second-order valence-corrected chi connectivity index (χ2v) is 20.4. The van der Waals surface area contributed by atoms with Gasteiger partial charge in [-0.25, -0.2) is 0 Å². The first-order valence-electron chi connectivity index (χ1n) is 29.7.